The van der Waals surface area contributed by atoms with E-state index in [-0.39, 0.29) is 17.8 Å². The van der Waals surface area contributed by atoms with Crippen LogP contribution in [0.4, 0.5) is 4.39 Å². The van der Waals surface area contributed by atoms with Crippen LogP contribution in [0.3, 0.4) is 0 Å². The van der Waals surface area contributed by atoms with E-state index in [1.54, 1.807) is 12.1 Å². The number of rotatable bonds is 6. The van der Waals surface area contributed by atoms with Gasteiger partial charge in [0.05, 0.1) is 11.7 Å². The Morgan fingerprint density at radius 3 is 2.73 bits per heavy atom. The number of hydrogen-bond donors (Lipinski definition) is 0. The Bertz CT molecular complexity index is 1170. The largest absolute Gasteiger partial charge is 0.343 e. The molecule has 0 spiro atoms. The maximum atomic E-state index is 13.7. The van der Waals surface area contributed by atoms with Gasteiger partial charge in [-0.15, -0.1) is 0 Å². The summed E-state index contributed by atoms with van der Waals surface area (Å²) in [5.41, 5.74) is 6.02. The Morgan fingerprint density at radius 1 is 1.12 bits per heavy atom. The molecular formula is C26H32FN5O. The van der Waals surface area contributed by atoms with Crippen molar-refractivity contribution in [2.45, 2.75) is 65.0 Å². The fourth-order valence-corrected chi connectivity index (χ4v) is 5.45. The zero-order valence-electron chi connectivity index (χ0n) is 19.6. The number of hydrogen-bond acceptors (Lipinski definition) is 4. The SMILES string of the molecule is Cc1nc2cc([C@@H]3CCCN3Cc3cccc(F)c3)nn2c(C)c1CCC(=O)N1CCCC1. The summed E-state index contributed by atoms with van der Waals surface area (Å²) in [5, 5.41) is 4.95. The smallest absolute Gasteiger partial charge is 0.222 e. The summed E-state index contributed by atoms with van der Waals surface area (Å²) in [6, 6.07) is 9.15. The van der Waals surface area contributed by atoms with Crippen LogP contribution in [0.5, 0.6) is 0 Å². The van der Waals surface area contributed by atoms with Crippen molar-refractivity contribution in [2.24, 2.45) is 0 Å². The standard InChI is InChI=1S/C26H32FN5O/c1-18-22(10-11-26(33)30-12-3-4-13-30)19(2)32-25(28-18)16-23(29-32)24-9-6-14-31(24)17-20-7-5-8-21(27)15-20/h5,7-8,15-16,24H,3-4,6,9-14,17H2,1-2H3/t24-/m0/s1. The van der Waals surface area contributed by atoms with Crippen LogP contribution in [-0.2, 0) is 17.8 Å². The second kappa shape index (κ2) is 9.21. The number of carbonyl (C=O) groups excluding carboxylic acids is 1. The Kier molecular flexibility index (Phi) is 6.15. The molecule has 0 radical (unpaired) electrons. The molecule has 1 atom stereocenters. The zero-order valence-corrected chi connectivity index (χ0v) is 19.6. The fraction of sp³-hybridized carbons (Fsp3) is 0.500. The topological polar surface area (TPSA) is 53.7 Å². The molecule has 0 bridgehead atoms. The number of likely N-dealkylation sites (tertiary alicyclic amines) is 2. The van der Waals surface area contributed by atoms with E-state index >= 15 is 0 Å². The number of fused-ring (bicyclic) bond motifs is 1. The third kappa shape index (κ3) is 4.51. The molecule has 5 rings (SSSR count). The van der Waals surface area contributed by atoms with E-state index in [1.165, 1.54) is 6.07 Å². The molecule has 7 heteroatoms. The Balaban J connectivity index is 1.36. The minimum atomic E-state index is -0.193. The Labute approximate surface area is 194 Å². The van der Waals surface area contributed by atoms with Crippen molar-refractivity contribution in [1.29, 1.82) is 0 Å². The van der Waals surface area contributed by atoms with Gasteiger partial charge in [0.15, 0.2) is 5.65 Å². The number of halogens is 1. The second-order valence-electron chi connectivity index (χ2n) is 9.45. The molecule has 2 aromatic heterocycles. The van der Waals surface area contributed by atoms with Gasteiger partial charge in [0.2, 0.25) is 5.91 Å². The van der Waals surface area contributed by atoms with Crippen LogP contribution in [0.2, 0.25) is 0 Å². The van der Waals surface area contributed by atoms with E-state index in [1.807, 2.05) is 22.4 Å². The van der Waals surface area contributed by atoms with Gasteiger partial charge in [0.1, 0.15) is 5.82 Å². The van der Waals surface area contributed by atoms with Crippen molar-refractivity contribution < 1.29 is 9.18 Å². The van der Waals surface area contributed by atoms with Crippen molar-refractivity contribution in [3.8, 4) is 0 Å². The number of benzene rings is 1. The first-order valence-electron chi connectivity index (χ1n) is 12.1. The molecule has 2 aliphatic heterocycles. The van der Waals surface area contributed by atoms with Crippen LogP contribution in [0.1, 0.15) is 66.4 Å². The molecule has 0 unspecified atom stereocenters. The number of carbonyl (C=O) groups is 1. The number of aromatic nitrogens is 3. The van der Waals surface area contributed by atoms with Gasteiger partial charge in [0, 0.05) is 43.5 Å². The molecule has 2 saturated heterocycles. The lowest BCUT2D eigenvalue weighted by atomic mass is 10.1. The van der Waals surface area contributed by atoms with Crippen molar-refractivity contribution in [2.75, 3.05) is 19.6 Å². The van der Waals surface area contributed by atoms with Crippen LogP contribution < -0.4 is 0 Å². The van der Waals surface area contributed by atoms with Crippen LogP contribution in [0.15, 0.2) is 30.3 Å². The fourth-order valence-electron chi connectivity index (χ4n) is 5.45. The van der Waals surface area contributed by atoms with Crippen LogP contribution in [0.25, 0.3) is 5.65 Å². The molecule has 174 valence electrons. The summed E-state index contributed by atoms with van der Waals surface area (Å²) in [6.45, 7) is 7.58. The lowest BCUT2D eigenvalue weighted by Crippen LogP contribution is -2.28. The molecule has 0 saturated carbocycles. The highest BCUT2D eigenvalue weighted by Crippen LogP contribution is 2.33. The molecule has 33 heavy (non-hydrogen) atoms. The summed E-state index contributed by atoms with van der Waals surface area (Å²) in [6.07, 6.45) is 5.58. The third-order valence-electron chi connectivity index (χ3n) is 7.21. The van der Waals surface area contributed by atoms with Crippen LogP contribution in [0, 0.1) is 19.7 Å². The summed E-state index contributed by atoms with van der Waals surface area (Å²) < 4.78 is 15.6. The van der Waals surface area contributed by atoms with E-state index in [2.05, 4.69) is 17.9 Å². The Hall–Kier alpha value is -2.80. The van der Waals surface area contributed by atoms with E-state index in [4.69, 9.17) is 10.1 Å². The highest BCUT2D eigenvalue weighted by atomic mass is 19.1. The lowest BCUT2D eigenvalue weighted by molar-refractivity contribution is -0.130. The number of aryl methyl sites for hydroxylation is 2. The number of amides is 1. The third-order valence-corrected chi connectivity index (χ3v) is 7.21. The molecule has 4 heterocycles. The average molecular weight is 450 g/mol. The van der Waals surface area contributed by atoms with Crippen molar-refractivity contribution in [1.82, 2.24) is 24.4 Å². The van der Waals surface area contributed by atoms with E-state index in [9.17, 15) is 9.18 Å². The van der Waals surface area contributed by atoms with Crippen molar-refractivity contribution in [3.63, 3.8) is 0 Å². The predicted molar refractivity (Wildman–Crippen MR) is 125 cm³/mol. The van der Waals surface area contributed by atoms with Gasteiger partial charge in [-0.3, -0.25) is 9.69 Å². The lowest BCUT2D eigenvalue weighted by Gasteiger charge is -2.23. The highest BCUT2D eigenvalue weighted by molar-refractivity contribution is 5.76. The van der Waals surface area contributed by atoms with Gasteiger partial charge in [-0.1, -0.05) is 12.1 Å². The minimum Gasteiger partial charge on any atom is -0.343 e. The zero-order chi connectivity index (χ0) is 22.9. The molecule has 6 nitrogen and oxygen atoms in total. The maximum Gasteiger partial charge on any atom is 0.222 e. The molecule has 0 aliphatic carbocycles. The highest BCUT2D eigenvalue weighted by Gasteiger charge is 2.29. The van der Waals surface area contributed by atoms with E-state index in [0.29, 0.717) is 19.4 Å². The van der Waals surface area contributed by atoms with Gasteiger partial charge in [-0.05, 0) is 75.8 Å². The average Bonchev–Trinajstić information content (AvgIpc) is 3.54. The van der Waals surface area contributed by atoms with E-state index < -0.39 is 0 Å². The molecule has 2 fully saturated rings. The summed E-state index contributed by atoms with van der Waals surface area (Å²) in [7, 11) is 0. The molecule has 2 aliphatic rings. The quantitative estimate of drug-likeness (QED) is 0.561. The van der Waals surface area contributed by atoms with Gasteiger partial charge in [-0.2, -0.15) is 5.10 Å². The summed E-state index contributed by atoms with van der Waals surface area (Å²) in [5.74, 6) is 0.0496. The normalized spacial score (nSPS) is 19.1. The minimum absolute atomic E-state index is 0.193. The first-order chi connectivity index (χ1) is 16.0. The van der Waals surface area contributed by atoms with Crippen LogP contribution in [-0.4, -0.2) is 49.9 Å². The first-order valence-corrected chi connectivity index (χ1v) is 12.1. The second-order valence-corrected chi connectivity index (χ2v) is 9.45. The molecule has 3 aromatic rings. The number of nitrogens with zero attached hydrogens (tertiary/aromatic N) is 5. The van der Waals surface area contributed by atoms with E-state index in [0.717, 1.165) is 79.2 Å². The summed E-state index contributed by atoms with van der Waals surface area (Å²) >= 11 is 0. The van der Waals surface area contributed by atoms with Gasteiger partial charge < -0.3 is 4.90 Å². The first kappa shape index (κ1) is 22.0. The van der Waals surface area contributed by atoms with Crippen molar-refractivity contribution in [3.05, 3.63) is 64.4 Å². The van der Waals surface area contributed by atoms with Gasteiger partial charge >= 0.3 is 0 Å². The van der Waals surface area contributed by atoms with Gasteiger partial charge in [-0.25, -0.2) is 13.9 Å². The molecule has 1 aromatic carbocycles. The molecular weight excluding hydrogens is 417 g/mol. The molecule has 1 amide bonds. The molecule has 0 N–H and O–H groups in total. The Morgan fingerprint density at radius 2 is 1.94 bits per heavy atom. The monoisotopic (exact) mass is 449 g/mol. The maximum absolute atomic E-state index is 13.7. The van der Waals surface area contributed by atoms with Crippen LogP contribution >= 0.6 is 0 Å². The van der Waals surface area contributed by atoms with Crippen molar-refractivity contribution >= 4 is 11.6 Å². The predicted octanol–water partition coefficient (Wildman–Crippen LogP) is 4.38. The summed E-state index contributed by atoms with van der Waals surface area (Å²) in [4.78, 5) is 21.7. The van der Waals surface area contributed by atoms with Gasteiger partial charge in [0.25, 0.3) is 0 Å².